The lowest BCUT2D eigenvalue weighted by Crippen LogP contribution is -2.49. The Morgan fingerprint density at radius 2 is 1.86 bits per heavy atom. The van der Waals surface area contributed by atoms with E-state index < -0.39 is 0 Å². The van der Waals surface area contributed by atoms with Gasteiger partial charge in [0.05, 0.1) is 23.5 Å². The molecular weight excluding hydrogens is 350 g/mol. The summed E-state index contributed by atoms with van der Waals surface area (Å²) in [5.74, 6) is 0.188. The van der Waals surface area contributed by atoms with E-state index in [9.17, 15) is 9.90 Å². The normalized spacial score (nSPS) is 20.6. The first-order chi connectivity index (χ1) is 13.7. The van der Waals surface area contributed by atoms with Crippen molar-refractivity contribution in [2.75, 3.05) is 13.1 Å². The minimum atomic E-state index is -0.334. The van der Waals surface area contributed by atoms with Crippen LogP contribution in [-0.2, 0) is 23.2 Å². The molecule has 1 unspecified atom stereocenters. The Labute approximate surface area is 164 Å². The predicted molar refractivity (Wildman–Crippen MR) is 108 cm³/mol. The van der Waals surface area contributed by atoms with Gasteiger partial charge in [-0.15, -0.1) is 0 Å². The maximum atomic E-state index is 12.8. The fourth-order valence-electron chi connectivity index (χ4n) is 5.09. The smallest absolute Gasteiger partial charge is 0.224 e. The van der Waals surface area contributed by atoms with E-state index >= 15 is 0 Å². The SMILES string of the molecule is O=C(CCn1cnc2ccccc21)N1CCC2(CC1)c1ccccc1CC2O. The van der Waals surface area contributed by atoms with Gasteiger partial charge in [0.15, 0.2) is 0 Å². The van der Waals surface area contributed by atoms with E-state index in [0.717, 1.165) is 43.4 Å². The van der Waals surface area contributed by atoms with Crippen LogP contribution >= 0.6 is 0 Å². The lowest BCUT2D eigenvalue weighted by atomic mass is 9.72. The number of carbonyl (C=O) groups excluding carboxylic acids is 1. The van der Waals surface area contributed by atoms with Gasteiger partial charge in [0.2, 0.25) is 5.91 Å². The van der Waals surface area contributed by atoms with Crippen LogP contribution in [0.5, 0.6) is 0 Å². The molecular formula is C23H25N3O2. The molecule has 1 fully saturated rings. The molecule has 0 bridgehead atoms. The molecule has 1 amide bonds. The van der Waals surface area contributed by atoms with Gasteiger partial charge < -0.3 is 14.6 Å². The number of aromatic nitrogens is 2. The Kier molecular flexibility index (Phi) is 4.20. The molecule has 144 valence electrons. The Morgan fingerprint density at radius 3 is 2.71 bits per heavy atom. The second-order valence-corrected chi connectivity index (χ2v) is 8.09. The van der Waals surface area contributed by atoms with Crippen molar-refractivity contribution in [1.82, 2.24) is 14.5 Å². The minimum Gasteiger partial charge on any atom is -0.392 e. The lowest BCUT2D eigenvalue weighted by Gasteiger charge is -2.42. The first kappa shape index (κ1) is 17.4. The van der Waals surface area contributed by atoms with Gasteiger partial charge in [0.1, 0.15) is 0 Å². The average Bonchev–Trinajstić information content (AvgIpc) is 3.26. The zero-order valence-electron chi connectivity index (χ0n) is 15.9. The van der Waals surface area contributed by atoms with Crippen LogP contribution in [0.25, 0.3) is 11.0 Å². The van der Waals surface area contributed by atoms with Crippen LogP contribution in [0.2, 0.25) is 0 Å². The number of benzene rings is 2. The van der Waals surface area contributed by atoms with E-state index in [1.165, 1.54) is 11.1 Å². The molecule has 1 aliphatic heterocycles. The Morgan fingerprint density at radius 1 is 1.11 bits per heavy atom. The molecule has 1 spiro atoms. The molecule has 1 aromatic heterocycles. The molecule has 2 aliphatic rings. The van der Waals surface area contributed by atoms with Crippen LogP contribution in [0.3, 0.4) is 0 Å². The number of hydrogen-bond acceptors (Lipinski definition) is 3. The number of fused-ring (bicyclic) bond motifs is 3. The maximum absolute atomic E-state index is 12.8. The molecule has 2 heterocycles. The van der Waals surface area contributed by atoms with Crippen molar-refractivity contribution in [3.05, 3.63) is 66.0 Å². The van der Waals surface area contributed by atoms with Gasteiger partial charge in [-0.05, 0) is 42.5 Å². The summed E-state index contributed by atoms with van der Waals surface area (Å²) < 4.78 is 2.05. The van der Waals surface area contributed by atoms with Crippen LogP contribution < -0.4 is 0 Å². The first-order valence-electron chi connectivity index (χ1n) is 10.1. The molecule has 5 nitrogen and oxygen atoms in total. The highest BCUT2D eigenvalue weighted by atomic mass is 16.3. The highest BCUT2D eigenvalue weighted by Gasteiger charge is 2.47. The van der Waals surface area contributed by atoms with Crippen molar-refractivity contribution >= 4 is 16.9 Å². The number of carbonyl (C=O) groups is 1. The van der Waals surface area contributed by atoms with Gasteiger partial charge in [0.25, 0.3) is 0 Å². The topological polar surface area (TPSA) is 58.4 Å². The largest absolute Gasteiger partial charge is 0.392 e. The fourth-order valence-corrected chi connectivity index (χ4v) is 5.09. The third-order valence-corrected chi connectivity index (χ3v) is 6.71. The van der Waals surface area contributed by atoms with E-state index in [0.29, 0.717) is 13.0 Å². The number of aliphatic hydroxyl groups is 1. The number of piperidine rings is 1. The minimum absolute atomic E-state index is 0.173. The molecule has 2 aromatic carbocycles. The maximum Gasteiger partial charge on any atom is 0.224 e. The van der Waals surface area contributed by atoms with Gasteiger partial charge in [-0.25, -0.2) is 4.98 Å². The van der Waals surface area contributed by atoms with Gasteiger partial charge in [0, 0.05) is 31.5 Å². The molecule has 5 heteroatoms. The zero-order chi connectivity index (χ0) is 19.1. The highest BCUT2D eigenvalue weighted by molar-refractivity contribution is 5.77. The Hall–Kier alpha value is -2.66. The summed E-state index contributed by atoms with van der Waals surface area (Å²) in [7, 11) is 0. The Balaban J connectivity index is 1.24. The predicted octanol–water partition coefficient (Wildman–Crippen LogP) is 2.90. The fraction of sp³-hybridized carbons (Fsp3) is 0.391. The molecule has 28 heavy (non-hydrogen) atoms. The molecule has 0 saturated carbocycles. The summed E-state index contributed by atoms with van der Waals surface area (Å²) in [5, 5.41) is 10.8. The van der Waals surface area contributed by atoms with Crippen molar-refractivity contribution < 1.29 is 9.90 Å². The summed E-state index contributed by atoms with van der Waals surface area (Å²) in [4.78, 5) is 19.2. The van der Waals surface area contributed by atoms with Crippen molar-refractivity contribution in [2.24, 2.45) is 0 Å². The van der Waals surface area contributed by atoms with E-state index in [1.807, 2.05) is 41.6 Å². The second kappa shape index (κ2) is 6.74. The van der Waals surface area contributed by atoms with Gasteiger partial charge in [-0.3, -0.25) is 4.79 Å². The third-order valence-electron chi connectivity index (χ3n) is 6.71. The average molecular weight is 375 g/mol. The second-order valence-electron chi connectivity index (χ2n) is 8.09. The number of rotatable bonds is 3. The number of nitrogens with zero attached hydrogens (tertiary/aromatic N) is 3. The van der Waals surface area contributed by atoms with E-state index in [4.69, 9.17) is 0 Å². The number of aliphatic hydroxyl groups excluding tert-OH is 1. The van der Waals surface area contributed by atoms with E-state index in [1.54, 1.807) is 0 Å². The van der Waals surface area contributed by atoms with Crippen LogP contribution in [0.4, 0.5) is 0 Å². The number of likely N-dealkylation sites (tertiary alicyclic amines) is 1. The quantitative estimate of drug-likeness (QED) is 0.766. The van der Waals surface area contributed by atoms with Gasteiger partial charge >= 0.3 is 0 Å². The number of amides is 1. The zero-order valence-corrected chi connectivity index (χ0v) is 15.9. The summed E-state index contributed by atoms with van der Waals surface area (Å²) in [6.45, 7) is 2.08. The molecule has 1 aliphatic carbocycles. The summed E-state index contributed by atoms with van der Waals surface area (Å²) in [5.41, 5.74) is 4.41. The standard InChI is InChI=1S/C23H25N3O2/c27-21-15-17-5-1-2-6-18(17)23(21)10-13-25(14-11-23)22(28)9-12-26-16-24-19-7-3-4-8-20(19)26/h1-8,16,21,27H,9-15H2. The number of imidazole rings is 1. The molecule has 3 aromatic rings. The van der Waals surface area contributed by atoms with Crippen LogP contribution in [0.1, 0.15) is 30.4 Å². The third kappa shape index (κ3) is 2.73. The molecule has 1 N–H and O–H groups in total. The number of hydrogen-bond donors (Lipinski definition) is 1. The van der Waals surface area contributed by atoms with Crippen LogP contribution in [-0.4, -0.2) is 44.7 Å². The molecule has 1 saturated heterocycles. The van der Waals surface area contributed by atoms with Crippen molar-refractivity contribution in [3.63, 3.8) is 0 Å². The highest BCUT2D eigenvalue weighted by Crippen LogP contribution is 2.46. The lowest BCUT2D eigenvalue weighted by molar-refractivity contribution is -0.133. The first-order valence-corrected chi connectivity index (χ1v) is 10.1. The van der Waals surface area contributed by atoms with Gasteiger partial charge in [-0.2, -0.15) is 0 Å². The van der Waals surface area contributed by atoms with Crippen LogP contribution in [0.15, 0.2) is 54.9 Å². The van der Waals surface area contributed by atoms with Crippen LogP contribution in [0, 0.1) is 0 Å². The summed E-state index contributed by atoms with van der Waals surface area (Å²) >= 11 is 0. The van der Waals surface area contributed by atoms with Gasteiger partial charge in [-0.1, -0.05) is 36.4 Å². The molecule has 5 rings (SSSR count). The van der Waals surface area contributed by atoms with Crippen molar-refractivity contribution in [3.8, 4) is 0 Å². The van der Waals surface area contributed by atoms with E-state index in [-0.39, 0.29) is 17.4 Å². The number of para-hydroxylation sites is 2. The monoisotopic (exact) mass is 375 g/mol. The number of aryl methyl sites for hydroxylation is 1. The van der Waals surface area contributed by atoms with E-state index in [2.05, 4.69) is 27.8 Å². The molecule has 1 atom stereocenters. The molecule has 0 radical (unpaired) electrons. The van der Waals surface area contributed by atoms with Crippen molar-refractivity contribution in [1.29, 1.82) is 0 Å². The van der Waals surface area contributed by atoms with Crippen molar-refractivity contribution in [2.45, 2.75) is 43.7 Å². The summed E-state index contributed by atoms with van der Waals surface area (Å²) in [6.07, 6.45) is 4.37. The Bertz CT molecular complexity index is 1020. The summed E-state index contributed by atoms with van der Waals surface area (Å²) in [6, 6.07) is 16.4.